The number of hydrogen-bond acceptors (Lipinski definition) is 9. The molecule has 1 aliphatic rings. The molecule has 3 aromatic rings. The van der Waals surface area contributed by atoms with Crippen LogP contribution in [-0.4, -0.2) is 62.3 Å². The third kappa shape index (κ3) is 6.38. The average Bonchev–Trinajstić information content (AvgIpc) is 2.92. The molecule has 0 saturated carbocycles. The molecule has 1 amide bonds. The molecule has 2 heterocycles. The molecule has 2 atom stereocenters. The summed E-state index contributed by atoms with van der Waals surface area (Å²) in [7, 11) is 4.73. The quantitative estimate of drug-likeness (QED) is 0.370. The van der Waals surface area contributed by atoms with Crippen LogP contribution < -0.4 is 35.1 Å². The Morgan fingerprint density at radius 2 is 1.76 bits per heavy atom. The zero-order chi connectivity index (χ0) is 27.2. The number of halogens is 1. The molecule has 1 fully saturated rings. The van der Waals surface area contributed by atoms with Crippen LogP contribution in [0.2, 0.25) is 5.02 Å². The van der Waals surface area contributed by atoms with Crippen molar-refractivity contribution < 1.29 is 19.0 Å². The minimum atomic E-state index is -0.248. The first kappa shape index (κ1) is 27.3. The lowest BCUT2D eigenvalue weighted by atomic mass is 10.1. The van der Waals surface area contributed by atoms with Crippen LogP contribution in [0.3, 0.4) is 0 Å². The molecule has 1 saturated heterocycles. The van der Waals surface area contributed by atoms with Crippen LogP contribution in [0.1, 0.15) is 29.8 Å². The zero-order valence-corrected chi connectivity index (χ0v) is 22.9. The number of hydrogen-bond donors (Lipinski definition) is 3. The van der Waals surface area contributed by atoms with Crippen molar-refractivity contribution in [2.45, 2.75) is 32.5 Å². The number of nitrogens with zero attached hydrogens (tertiary/aromatic N) is 3. The Hall–Kier alpha value is -3.76. The molecule has 0 spiro atoms. The first-order chi connectivity index (χ1) is 18.3. The van der Waals surface area contributed by atoms with Crippen molar-refractivity contribution in [2.75, 3.05) is 44.6 Å². The van der Waals surface area contributed by atoms with E-state index < -0.39 is 0 Å². The van der Waals surface area contributed by atoms with E-state index in [-0.39, 0.29) is 12.5 Å². The fourth-order valence-electron chi connectivity index (χ4n) is 4.47. The smallest absolute Gasteiger partial charge is 0.251 e. The van der Waals surface area contributed by atoms with Crippen molar-refractivity contribution in [3.05, 3.63) is 58.9 Å². The molecule has 11 heteroatoms. The summed E-state index contributed by atoms with van der Waals surface area (Å²) in [5.41, 5.74) is 2.89. The summed E-state index contributed by atoms with van der Waals surface area (Å²) in [4.78, 5) is 23.1. The van der Waals surface area contributed by atoms with E-state index in [9.17, 15) is 4.79 Å². The standard InChI is InChI=1S/C27H33ClN6O4/c1-16-13-34(14-17(2)32-16)22-7-6-20(10-23(22)36-4)33-27-30-11-21(12-31-27)38-15-19-8-18(26(35)29-3)9-24(37-5)25(19)28/h6-12,16-17,32H,13-15H2,1-5H3,(H,29,35)(H,30,31,33)/t16-,17+. The van der Waals surface area contributed by atoms with Crippen molar-refractivity contribution >= 4 is 34.8 Å². The molecular weight excluding hydrogens is 508 g/mol. The fourth-order valence-corrected chi connectivity index (χ4v) is 4.71. The van der Waals surface area contributed by atoms with Gasteiger partial charge in [0.25, 0.3) is 5.91 Å². The van der Waals surface area contributed by atoms with Gasteiger partial charge in [-0.1, -0.05) is 11.6 Å². The lowest BCUT2D eigenvalue weighted by Gasteiger charge is -2.38. The zero-order valence-electron chi connectivity index (χ0n) is 22.2. The van der Waals surface area contributed by atoms with Crippen LogP contribution in [0.4, 0.5) is 17.3 Å². The third-order valence-electron chi connectivity index (χ3n) is 6.18. The molecule has 4 rings (SSSR count). The van der Waals surface area contributed by atoms with Crippen LogP contribution in [0.25, 0.3) is 0 Å². The van der Waals surface area contributed by atoms with Crippen molar-refractivity contribution in [3.8, 4) is 17.2 Å². The van der Waals surface area contributed by atoms with Gasteiger partial charge in [-0.25, -0.2) is 9.97 Å². The minimum Gasteiger partial charge on any atom is -0.495 e. The summed E-state index contributed by atoms with van der Waals surface area (Å²) in [6, 6.07) is 10.0. The van der Waals surface area contributed by atoms with E-state index in [0.717, 1.165) is 30.2 Å². The summed E-state index contributed by atoms with van der Waals surface area (Å²) in [6.07, 6.45) is 3.14. The second-order valence-corrected chi connectivity index (χ2v) is 9.53. The first-order valence-corrected chi connectivity index (χ1v) is 12.7. The summed E-state index contributed by atoms with van der Waals surface area (Å²) in [6.45, 7) is 6.29. The number of carbonyl (C=O) groups excluding carboxylic acids is 1. The van der Waals surface area contributed by atoms with E-state index >= 15 is 0 Å². The Bertz CT molecular complexity index is 1260. The molecular formula is C27H33ClN6O4. The highest BCUT2D eigenvalue weighted by Gasteiger charge is 2.23. The Kier molecular flexibility index (Phi) is 8.75. The molecule has 38 heavy (non-hydrogen) atoms. The number of benzene rings is 2. The Balaban J connectivity index is 1.42. The molecule has 202 valence electrons. The van der Waals surface area contributed by atoms with Gasteiger partial charge in [-0.2, -0.15) is 0 Å². The van der Waals surface area contributed by atoms with Crippen molar-refractivity contribution in [1.82, 2.24) is 20.6 Å². The van der Waals surface area contributed by atoms with Gasteiger partial charge in [0, 0.05) is 55.1 Å². The summed E-state index contributed by atoms with van der Waals surface area (Å²) >= 11 is 6.42. The normalized spacial score (nSPS) is 17.1. The van der Waals surface area contributed by atoms with Gasteiger partial charge in [0.1, 0.15) is 18.1 Å². The second-order valence-electron chi connectivity index (χ2n) is 9.15. The van der Waals surface area contributed by atoms with Crippen molar-refractivity contribution in [1.29, 1.82) is 0 Å². The number of rotatable bonds is 9. The molecule has 1 aliphatic heterocycles. The third-order valence-corrected chi connectivity index (χ3v) is 6.61. The van der Waals surface area contributed by atoms with Crippen LogP contribution in [0.15, 0.2) is 42.7 Å². The van der Waals surface area contributed by atoms with Gasteiger partial charge < -0.3 is 35.1 Å². The van der Waals surface area contributed by atoms with E-state index in [1.165, 1.54) is 7.11 Å². The minimum absolute atomic E-state index is 0.109. The summed E-state index contributed by atoms with van der Waals surface area (Å²) < 4.78 is 16.8. The molecule has 0 radical (unpaired) electrons. The number of anilines is 3. The van der Waals surface area contributed by atoms with Gasteiger partial charge in [0.2, 0.25) is 5.95 Å². The number of piperazine rings is 1. The van der Waals surface area contributed by atoms with Crippen LogP contribution in [0.5, 0.6) is 17.2 Å². The van der Waals surface area contributed by atoms with Crippen molar-refractivity contribution in [3.63, 3.8) is 0 Å². The fraction of sp³-hybridized carbons (Fsp3) is 0.370. The molecule has 10 nitrogen and oxygen atoms in total. The number of aromatic nitrogens is 2. The first-order valence-electron chi connectivity index (χ1n) is 12.3. The highest BCUT2D eigenvalue weighted by Crippen LogP contribution is 2.34. The molecule has 0 bridgehead atoms. The van der Waals surface area contributed by atoms with Gasteiger partial charge in [0.15, 0.2) is 5.75 Å². The lowest BCUT2D eigenvalue weighted by Crippen LogP contribution is -2.54. The van der Waals surface area contributed by atoms with Gasteiger partial charge in [0.05, 0.1) is 37.3 Å². The van der Waals surface area contributed by atoms with Crippen LogP contribution in [-0.2, 0) is 6.61 Å². The number of ether oxygens (including phenoxy) is 3. The van der Waals surface area contributed by atoms with E-state index in [1.54, 1.807) is 38.7 Å². The van der Waals surface area contributed by atoms with E-state index in [0.29, 0.717) is 45.7 Å². The Morgan fingerprint density at radius 3 is 2.39 bits per heavy atom. The highest BCUT2D eigenvalue weighted by atomic mass is 35.5. The molecule has 2 aromatic carbocycles. The van der Waals surface area contributed by atoms with E-state index in [4.69, 9.17) is 25.8 Å². The monoisotopic (exact) mass is 540 g/mol. The van der Waals surface area contributed by atoms with Gasteiger partial charge in [-0.3, -0.25) is 4.79 Å². The maximum absolute atomic E-state index is 12.1. The van der Waals surface area contributed by atoms with Gasteiger partial charge in [-0.15, -0.1) is 0 Å². The van der Waals surface area contributed by atoms with Crippen LogP contribution in [0, 0.1) is 0 Å². The maximum Gasteiger partial charge on any atom is 0.251 e. The van der Waals surface area contributed by atoms with Crippen LogP contribution >= 0.6 is 11.6 Å². The molecule has 0 unspecified atom stereocenters. The van der Waals surface area contributed by atoms with Gasteiger partial charge in [-0.05, 0) is 38.1 Å². The predicted octanol–water partition coefficient (Wildman–Crippen LogP) is 4.02. The number of methoxy groups -OCH3 is 2. The van der Waals surface area contributed by atoms with Gasteiger partial charge >= 0.3 is 0 Å². The SMILES string of the molecule is CNC(=O)c1cc(COc2cnc(Nc3ccc(N4C[C@@H](C)N[C@@H](C)C4)c(OC)c3)nc2)c(Cl)c(OC)c1. The largest absolute Gasteiger partial charge is 0.495 e. The summed E-state index contributed by atoms with van der Waals surface area (Å²) in [5, 5.41) is 9.73. The second kappa shape index (κ2) is 12.2. The highest BCUT2D eigenvalue weighted by molar-refractivity contribution is 6.33. The topological polar surface area (TPSA) is 110 Å². The number of carbonyl (C=O) groups is 1. The Labute approximate surface area is 227 Å². The maximum atomic E-state index is 12.1. The average molecular weight is 541 g/mol. The molecule has 3 N–H and O–H groups in total. The lowest BCUT2D eigenvalue weighted by molar-refractivity contribution is 0.0962. The molecule has 0 aliphatic carbocycles. The van der Waals surface area contributed by atoms with Crippen molar-refractivity contribution in [2.24, 2.45) is 0 Å². The summed E-state index contributed by atoms with van der Waals surface area (Å²) in [5.74, 6) is 1.79. The number of amides is 1. The van der Waals surface area contributed by atoms with E-state index in [1.807, 2.05) is 18.2 Å². The Morgan fingerprint density at radius 1 is 1.08 bits per heavy atom. The predicted molar refractivity (Wildman–Crippen MR) is 148 cm³/mol. The number of nitrogens with one attached hydrogen (secondary N) is 3. The molecule has 1 aromatic heterocycles. The van der Waals surface area contributed by atoms with E-state index in [2.05, 4.69) is 44.7 Å².